The van der Waals surface area contributed by atoms with Gasteiger partial charge >= 0.3 is 0 Å². The fraction of sp³-hybridized carbons (Fsp3) is 0.500. The lowest BCUT2D eigenvalue weighted by Crippen LogP contribution is -2.29. The summed E-state index contributed by atoms with van der Waals surface area (Å²) in [7, 11) is 0. The first-order chi connectivity index (χ1) is 8.43. The summed E-state index contributed by atoms with van der Waals surface area (Å²) in [5.41, 5.74) is 6.76. The summed E-state index contributed by atoms with van der Waals surface area (Å²) in [5, 5.41) is 9.19. The van der Waals surface area contributed by atoms with Gasteiger partial charge in [-0.1, -0.05) is 0 Å². The molecule has 4 heteroatoms. The van der Waals surface area contributed by atoms with Crippen molar-refractivity contribution in [1.29, 1.82) is 5.26 Å². The van der Waals surface area contributed by atoms with Crippen LogP contribution in [-0.4, -0.2) is 13.2 Å². The van der Waals surface area contributed by atoms with Crippen LogP contribution in [0.2, 0.25) is 0 Å². The molecular formula is C14H20N2O2. The van der Waals surface area contributed by atoms with Gasteiger partial charge < -0.3 is 15.2 Å². The highest BCUT2D eigenvalue weighted by atomic mass is 16.5. The Kier molecular flexibility index (Phi) is 4.57. The summed E-state index contributed by atoms with van der Waals surface area (Å²) in [5.74, 6) is 1.22. The van der Waals surface area contributed by atoms with Gasteiger partial charge in [-0.2, -0.15) is 5.26 Å². The fourth-order valence-corrected chi connectivity index (χ4v) is 1.72. The van der Waals surface area contributed by atoms with Crippen molar-refractivity contribution in [2.45, 2.75) is 33.2 Å². The maximum atomic E-state index is 9.19. The van der Waals surface area contributed by atoms with E-state index in [0.29, 0.717) is 30.3 Å². The normalized spacial score (nSPS) is 10.9. The average molecular weight is 248 g/mol. The lowest BCUT2D eigenvalue weighted by molar-refractivity contribution is 0.286. The zero-order valence-electron chi connectivity index (χ0n) is 11.4. The predicted octanol–water partition coefficient (Wildman–Crippen LogP) is 2.55. The zero-order chi connectivity index (χ0) is 13.8. The zero-order valence-corrected chi connectivity index (χ0v) is 11.4. The van der Waals surface area contributed by atoms with Gasteiger partial charge in [-0.15, -0.1) is 0 Å². The predicted molar refractivity (Wildman–Crippen MR) is 70.7 cm³/mol. The second-order valence-corrected chi connectivity index (χ2v) is 4.54. The van der Waals surface area contributed by atoms with E-state index in [2.05, 4.69) is 6.07 Å². The molecule has 0 aliphatic heterocycles. The molecule has 0 bridgehead atoms. The third-order valence-corrected chi connectivity index (χ3v) is 2.50. The highest BCUT2D eigenvalue weighted by Gasteiger charge is 2.22. The molecular weight excluding hydrogens is 228 g/mol. The molecule has 0 amide bonds. The van der Waals surface area contributed by atoms with Crippen molar-refractivity contribution in [1.82, 2.24) is 0 Å². The first-order valence-corrected chi connectivity index (χ1v) is 6.07. The van der Waals surface area contributed by atoms with Crippen molar-refractivity contribution >= 4 is 0 Å². The average Bonchev–Trinajstić information content (AvgIpc) is 2.30. The number of benzene rings is 1. The van der Waals surface area contributed by atoms with Crippen LogP contribution in [-0.2, 0) is 5.54 Å². The number of nitrogens with two attached hydrogens (primary N) is 1. The van der Waals surface area contributed by atoms with E-state index in [-0.39, 0.29) is 0 Å². The Bertz CT molecular complexity index is 456. The van der Waals surface area contributed by atoms with Crippen molar-refractivity contribution in [2.75, 3.05) is 13.2 Å². The largest absolute Gasteiger partial charge is 0.490 e. The Morgan fingerprint density at radius 2 is 1.67 bits per heavy atom. The highest BCUT2D eigenvalue weighted by Crippen LogP contribution is 2.34. The third-order valence-electron chi connectivity index (χ3n) is 2.50. The van der Waals surface area contributed by atoms with Gasteiger partial charge in [-0.3, -0.25) is 0 Å². The molecule has 0 fully saturated rings. The number of ether oxygens (including phenoxy) is 2. The van der Waals surface area contributed by atoms with E-state index < -0.39 is 5.54 Å². The van der Waals surface area contributed by atoms with Crippen LogP contribution in [0.15, 0.2) is 12.1 Å². The molecule has 0 radical (unpaired) electrons. The molecule has 0 aliphatic carbocycles. The molecule has 0 saturated heterocycles. The first-order valence-electron chi connectivity index (χ1n) is 6.07. The van der Waals surface area contributed by atoms with E-state index in [1.54, 1.807) is 12.1 Å². The standard InChI is InChI=1S/C14H20N2O2/c1-5-17-12-7-10(9-15)11(14(3,4)16)8-13(12)18-6-2/h7-8H,5-6,16H2,1-4H3. The first kappa shape index (κ1) is 14.3. The molecule has 0 unspecified atom stereocenters. The summed E-state index contributed by atoms with van der Waals surface area (Å²) in [4.78, 5) is 0. The number of nitriles is 1. The lowest BCUT2D eigenvalue weighted by atomic mass is 9.91. The van der Waals surface area contributed by atoms with Gasteiger partial charge in [0.05, 0.1) is 24.8 Å². The topological polar surface area (TPSA) is 68.3 Å². The van der Waals surface area contributed by atoms with Crippen molar-refractivity contribution in [2.24, 2.45) is 5.73 Å². The van der Waals surface area contributed by atoms with E-state index in [4.69, 9.17) is 15.2 Å². The summed E-state index contributed by atoms with van der Waals surface area (Å²) < 4.78 is 11.0. The number of nitrogens with zero attached hydrogens (tertiary/aromatic N) is 1. The van der Waals surface area contributed by atoms with Gasteiger partial charge in [-0.25, -0.2) is 0 Å². The quantitative estimate of drug-likeness (QED) is 0.869. The fourth-order valence-electron chi connectivity index (χ4n) is 1.72. The molecule has 1 rings (SSSR count). The number of hydrogen-bond acceptors (Lipinski definition) is 4. The Morgan fingerprint density at radius 3 is 2.06 bits per heavy atom. The van der Waals surface area contributed by atoms with Crippen LogP contribution in [0.1, 0.15) is 38.8 Å². The molecule has 0 aliphatic rings. The van der Waals surface area contributed by atoms with Crippen molar-refractivity contribution in [3.8, 4) is 17.6 Å². The van der Waals surface area contributed by atoms with Gasteiger partial charge in [0.25, 0.3) is 0 Å². The van der Waals surface area contributed by atoms with Crippen LogP contribution in [0.5, 0.6) is 11.5 Å². The van der Waals surface area contributed by atoms with Gasteiger partial charge in [0.2, 0.25) is 0 Å². The van der Waals surface area contributed by atoms with Gasteiger partial charge in [0, 0.05) is 11.6 Å². The highest BCUT2D eigenvalue weighted by molar-refractivity contribution is 5.53. The van der Waals surface area contributed by atoms with Crippen molar-refractivity contribution in [3.05, 3.63) is 23.3 Å². The molecule has 2 N–H and O–H groups in total. The van der Waals surface area contributed by atoms with Crippen molar-refractivity contribution < 1.29 is 9.47 Å². The molecule has 4 nitrogen and oxygen atoms in total. The molecule has 1 aromatic carbocycles. The molecule has 98 valence electrons. The second-order valence-electron chi connectivity index (χ2n) is 4.54. The number of rotatable bonds is 5. The minimum Gasteiger partial charge on any atom is -0.490 e. The van der Waals surface area contributed by atoms with Crippen LogP contribution in [0.4, 0.5) is 0 Å². The van der Waals surface area contributed by atoms with E-state index >= 15 is 0 Å². The van der Waals surface area contributed by atoms with E-state index in [9.17, 15) is 5.26 Å². The second kappa shape index (κ2) is 5.74. The smallest absolute Gasteiger partial charge is 0.162 e. The van der Waals surface area contributed by atoms with E-state index in [1.807, 2.05) is 27.7 Å². The van der Waals surface area contributed by atoms with E-state index in [0.717, 1.165) is 5.56 Å². The van der Waals surface area contributed by atoms with Gasteiger partial charge in [0.1, 0.15) is 0 Å². The molecule has 0 spiro atoms. The summed E-state index contributed by atoms with van der Waals surface area (Å²) in [6.45, 7) is 8.58. The van der Waals surface area contributed by atoms with Gasteiger partial charge in [-0.05, 0) is 39.3 Å². The Morgan fingerprint density at radius 1 is 1.17 bits per heavy atom. The van der Waals surface area contributed by atoms with E-state index in [1.165, 1.54) is 0 Å². The SMILES string of the molecule is CCOc1cc(C#N)c(C(C)(C)N)cc1OCC. The van der Waals surface area contributed by atoms with Crippen LogP contribution in [0.25, 0.3) is 0 Å². The Balaban J connectivity index is 3.37. The van der Waals surface area contributed by atoms with Gasteiger partial charge in [0.15, 0.2) is 11.5 Å². The van der Waals surface area contributed by atoms with Crippen LogP contribution in [0.3, 0.4) is 0 Å². The number of hydrogen-bond donors (Lipinski definition) is 1. The minimum absolute atomic E-state index is 0.523. The summed E-state index contributed by atoms with van der Waals surface area (Å²) in [6.07, 6.45) is 0. The molecule has 1 aromatic rings. The van der Waals surface area contributed by atoms with Crippen LogP contribution >= 0.6 is 0 Å². The Hall–Kier alpha value is -1.73. The molecule has 0 saturated carbocycles. The maximum absolute atomic E-state index is 9.19. The van der Waals surface area contributed by atoms with Crippen molar-refractivity contribution in [3.63, 3.8) is 0 Å². The third kappa shape index (κ3) is 3.14. The monoisotopic (exact) mass is 248 g/mol. The minimum atomic E-state index is -0.596. The molecule has 0 aromatic heterocycles. The Labute approximate surface area is 108 Å². The lowest BCUT2D eigenvalue weighted by Gasteiger charge is -2.22. The molecule has 18 heavy (non-hydrogen) atoms. The summed E-state index contributed by atoms with van der Waals surface area (Å²) in [6, 6.07) is 5.65. The van der Waals surface area contributed by atoms with Crippen LogP contribution < -0.4 is 15.2 Å². The van der Waals surface area contributed by atoms with Crippen LogP contribution in [0, 0.1) is 11.3 Å². The summed E-state index contributed by atoms with van der Waals surface area (Å²) >= 11 is 0. The molecule has 0 atom stereocenters. The molecule has 0 heterocycles. The maximum Gasteiger partial charge on any atom is 0.162 e.